The van der Waals surface area contributed by atoms with Crippen molar-refractivity contribution in [3.8, 4) is 64.0 Å². The molecule has 0 fully saturated rings. The van der Waals surface area contributed by atoms with Gasteiger partial charge in [-0.3, -0.25) is 0 Å². The minimum Gasteiger partial charge on any atom is -0.311 e. The lowest BCUT2D eigenvalue weighted by molar-refractivity contribution is 0.400. The van der Waals surface area contributed by atoms with Crippen molar-refractivity contribution in [3.63, 3.8) is 0 Å². The minimum absolute atomic E-state index is 0.240. The molecule has 0 aliphatic heterocycles. The van der Waals surface area contributed by atoms with Crippen LogP contribution in [-0.4, -0.2) is 26.2 Å². The highest BCUT2D eigenvalue weighted by Crippen LogP contribution is 2.57. The highest BCUT2D eigenvalue weighted by atomic mass is 32.1. The zero-order chi connectivity index (χ0) is 94.7. The first kappa shape index (κ1) is 100. The van der Waals surface area contributed by atoms with Crippen LogP contribution < -0.4 is 4.90 Å². The van der Waals surface area contributed by atoms with Crippen LogP contribution >= 0.6 is 80.5 Å². The molecule has 0 amide bonds. The predicted molar refractivity (Wildman–Crippen MR) is 592 cm³/mol. The van der Waals surface area contributed by atoms with Crippen molar-refractivity contribution < 1.29 is 0 Å². The number of anilines is 3. The summed E-state index contributed by atoms with van der Waals surface area (Å²) in [5.74, 6) is 0.598. The van der Waals surface area contributed by atoms with E-state index in [1.54, 1.807) is 44.9 Å². The zero-order valence-corrected chi connectivity index (χ0v) is 88.9. The molecule has 7 nitrogen and oxygen atoms in total. The Morgan fingerprint density at radius 1 is 0.254 bits per heavy atom. The van der Waals surface area contributed by atoms with E-state index in [1.165, 1.54) is 332 Å². The minimum atomic E-state index is 0.240. The Balaban J connectivity index is 0.000000131. The molecule has 19 rings (SSSR count). The average Bonchev–Trinajstić information content (AvgIpc) is 1.57. The number of rotatable bonds is 29. The summed E-state index contributed by atoms with van der Waals surface area (Å²) in [5, 5.41) is 0. The summed E-state index contributed by atoms with van der Waals surface area (Å²) >= 11 is 11.2. The molecule has 0 spiro atoms. The first-order valence-corrected chi connectivity index (χ1v) is 54.8. The van der Waals surface area contributed by atoms with Crippen LogP contribution in [0.25, 0.3) is 97.1 Å². The van der Waals surface area contributed by atoms with E-state index in [2.05, 4.69) is 388 Å². The monoisotopic (exact) mass is 1900 g/mol. The first-order chi connectivity index (χ1) is 64.9. The molecule has 0 N–H and O–H groups in total. The van der Waals surface area contributed by atoms with Crippen molar-refractivity contribution in [1.29, 1.82) is 0 Å². The Bertz CT molecular complexity index is 6180. The number of nitrogens with zero attached hydrogens (tertiary/aromatic N) is 7. The van der Waals surface area contributed by atoms with E-state index >= 15 is 0 Å². The fourth-order valence-electron chi connectivity index (χ4n) is 19.4. The van der Waals surface area contributed by atoms with Crippen molar-refractivity contribution in [1.82, 2.24) is 26.2 Å². The maximum Gasteiger partial charge on any atom is 0.114 e. The fourth-order valence-corrected chi connectivity index (χ4v) is 25.1. The van der Waals surface area contributed by atoms with Gasteiger partial charge in [0.15, 0.2) is 0 Å². The molecule has 10 aromatic carbocycles. The molecule has 696 valence electrons. The third-order valence-electron chi connectivity index (χ3n) is 27.6. The summed E-state index contributed by atoms with van der Waals surface area (Å²) in [7, 11) is 0. The van der Waals surface area contributed by atoms with Crippen molar-refractivity contribution in [2.45, 2.75) is 290 Å². The Morgan fingerprint density at radius 3 is 0.799 bits per heavy atom. The van der Waals surface area contributed by atoms with Crippen molar-refractivity contribution in [2.75, 3.05) is 4.90 Å². The molecule has 134 heavy (non-hydrogen) atoms. The van der Waals surface area contributed by atoms with Gasteiger partial charge < -0.3 is 4.90 Å². The number of aryl methyl sites for hydroxylation is 14. The fraction of sp³-hybridized carbons (Fsp3) is 0.367. The molecule has 2 aliphatic rings. The summed E-state index contributed by atoms with van der Waals surface area (Å²) in [6.45, 7) is 44.1. The van der Waals surface area contributed by atoms with Crippen molar-refractivity contribution in [2.24, 2.45) is 0 Å². The number of unbranched alkanes of at least 4 members (excludes halogenated alkanes) is 12. The quantitative estimate of drug-likeness (QED) is 0.0432. The highest BCUT2D eigenvalue weighted by molar-refractivity contribution is 7.17. The average molecular weight is 1900 g/mol. The van der Waals surface area contributed by atoms with E-state index in [9.17, 15) is 0 Å². The molecule has 0 saturated carbocycles. The number of aromatic nitrogens is 6. The van der Waals surface area contributed by atoms with Crippen LogP contribution in [0.15, 0.2) is 218 Å². The summed E-state index contributed by atoms with van der Waals surface area (Å²) < 4.78 is 26.7. The van der Waals surface area contributed by atoms with E-state index in [0.29, 0.717) is 5.92 Å². The second-order valence-electron chi connectivity index (χ2n) is 37.9. The van der Waals surface area contributed by atoms with Crippen LogP contribution in [0.5, 0.6) is 0 Å². The number of fused-ring (bicyclic) bond motifs is 9. The molecule has 1 unspecified atom stereocenters. The van der Waals surface area contributed by atoms with Crippen LogP contribution in [-0.2, 0) is 10.8 Å². The van der Waals surface area contributed by atoms with Crippen LogP contribution in [0.1, 0.15) is 285 Å². The van der Waals surface area contributed by atoms with E-state index in [1.807, 2.05) is 22.7 Å². The van der Waals surface area contributed by atoms with Gasteiger partial charge in [0, 0.05) is 89.2 Å². The molecule has 7 aromatic heterocycles. The van der Waals surface area contributed by atoms with Gasteiger partial charge in [-0.25, -0.2) is 0 Å². The van der Waals surface area contributed by atoms with Gasteiger partial charge in [-0.1, -0.05) is 323 Å². The van der Waals surface area contributed by atoms with E-state index in [-0.39, 0.29) is 10.8 Å². The summed E-state index contributed by atoms with van der Waals surface area (Å²) in [6, 6.07) is 81.3. The van der Waals surface area contributed by atoms with Gasteiger partial charge in [-0.2, -0.15) is 26.2 Å². The molecular formula is C120H139N7S7. The van der Waals surface area contributed by atoms with E-state index in [0.717, 1.165) is 33.1 Å². The molecule has 0 radical (unpaired) electrons. The predicted octanol–water partition coefficient (Wildman–Crippen LogP) is 38.8. The molecule has 14 heteroatoms. The molecule has 0 bridgehead atoms. The number of hydrogen-bond acceptors (Lipinski definition) is 14. The Morgan fingerprint density at radius 2 is 0.530 bits per heavy atom. The second kappa shape index (κ2) is 46.9. The molecule has 7 heterocycles. The number of benzene rings is 10. The lowest BCUT2D eigenvalue weighted by Gasteiger charge is -2.33. The molecule has 17 aromatic rings. The number of hydrogen-bond donors (Lipinski definition) is 0. The largest absolute Gasteiger partial charge is 0.311 e. The highest BCUT2D eigenvalue weighted by Gasteiger charge is 2.44. The molecular weight excluding hydrogens is 1760 g/mol. The zero-order valence-electron chi connectivity index (χ0n) is 83.2. The maximum absolute atomic E-state index is 4.59. The normalized spacial score (nSPS) is 12.6. The van der Waals surface area contributed by atoms with Crippen LogP contribution in [0, 0.1) is 96.9 Å². The first-order valence-electron chi connectivity index (χ1n) is 49.3. The van der Waals surface area contributed by atoms with E-state index in [4.69, 9.17) is 0 Å². The van der Waals surface area contributed by atoms with Crippen molar-refractivity contribution in [3.05, 3.63) is 321 Å². The van der Waals surface area contributed by atoms with Gasteiger partial charge >= 0.3 is 0 Å². The Labute approximate surface area is 830 Å². The van der Waals surface area contributed by atoms with E-state index < -0.39 is 0 Å². The summed E-state index contributed by atoms with van der Waals surface area (Å²) in [4.78, 5) is 12.8. The van der Waals surface area contributed by atoms with Gasteiger partial charge in [0.05, 0.1) is 35.2 Å². The third-order valence-corrected chi connectivity index (χ3v) is 33.6. The second-order valence-corrected chi connectivity index (χ2v) is 44.6. The van der Waals surface area contributed by atoms with Crippen molar-refractivity contribution >= 4 is 131 Å². The van der Waals surface area contributed by atoms with Crippen LogP contribution in [0.2, 0.25) is 0 Å². The summed E-state index contributed by atoms with van der Waals surface area (Å²) in [5.41, 5.74) is 42.2. The third kappa shape index (κ3) is 23.4. The lowest BCUT2D eigenvalue weighted by atomic mass is 9.70. The van der Waals surface area contributed by atoms with Crippen LogP contribution in [0.4, 0.5) is 17.1 Å². The number of thiophene rings is 4. The Hall–Kier alpha value is -9.74. The SMILES string of the molecule is CCC(C)c1ccc(N(c2ccc(C)cc2)c2ccc(C)cc2)cc1.CCCCCCC1(CCCCCC)c2cc(C)ccc2-c2ccc(C)cc21.CCCCCCC1(CCCCCC)c2cc(C)ccc2-c2ccc(C)cc21.Cc1cc(-c2ccc(-c3cc(C)c(C)s3)c3nsnc23)sc1C.Cc1ccc(-c2ccc(-c3ccc(C)s3)c3nsnc23)s1.Cc1ccc(C)c2nsnc12. The van der Waals surface area contributed by atoms with Gasteiger partial charge in [0.25, 0.3) is 0 Å². The van der Waals surface area contributed by atoms with Gasteiger partial charge in [0.2, 0.25) is 0 Å². The summed E-state index contributed by atoms with van der Waals surface area (Å²) in [6.07, 6.45) is 28.0. The topological polar surface area (TPSA) is 80.6 Å². The van der Waals surface area contributed by atoms with Crippen LogP contribution in [0.3, 0.4) is 0 Å². The standard InChI is InChI=1S/2C27H38.C24H27N.C18H16N2S3.C16H12N2S3.C8H8N2S/c2*1-5-7-9-11-17-27(18-12-10-8-6-2)25-19-21(3)13-15-23(25)24-16-14-22(4)20-26(24)27;1-5-20(4)21-10-16-24(17-11-21)25(22-12-6-18(2)7-13-22)23-14-8-19(3)9-15-23;1-9-7-15(21-11(9)3)13-5-6-14(18-17(13)19-23-20-18)16-8-10(2)12(4)22-16;1-9-3-7-13(19-9)11-5-6-12(14-8-4-10(2)20-14)16-15(11)17-21-18-16;1-5-3-4-6(2)8-7(5)9-11-10-8/h2*13-16,19-20H,5-12,17-18H2,1-4H3;6-17,20H,5H2,1-4H3;5-8H,1-4H3;3-8H,1-2H3;3-4H,1-2H3. The molecule has 2 aliphatic carbocycles. The van der Waals surface area contributed by atoms with Gasteiger partial charge in [-0.15, -0.1) is 45.3 Å². The lowest BCUT2D eigenvalue weighted by Crippen LogP contribution is -2.25. The molecule has 1 atom stereocenters. The smallest absolute Gasteiger partial charge is 0.114 e. The maximum atomic E-state index is 4.59. The molecule has 0 saturated heterocycles. The van der Waals surface area contributed by atoms with Gasteiger partial charge in [-0.05, 0) is 280 Å². The Kier molecular flexibility index (Phi) is 35.1. The van der Waals surface area contributed by atoms with Gasteiger partial charge in [0.1, 0.15) is 33.1 Å².